The van der Waals surface area contributed by atoms with E-state index in [1.54, 1.807) is 0 Å². The molecule has 0 spiro atoms. The molecule has 2 unspecified atom stereocenters. The van der Waals surface area contributed by atoms with Crippen LogP contribution in [0.1, 0.15) is 23.7 Å². The van der Waals surface area contributed by atoms with Gasteiger partial charge in [-0.15, -0.1) is 0 Å². The van der Waals surface area contributed by atoms with Gasteiger partial charge in [-0.25, -0.2) is 8.42 Å². The molecule has 18 heavy (non-hydrogen) atoms. The van der Waals surface area contributed by atoms with Gasteiger partial charge in [0.25, 0.3) is 0 Å². The number of benzene rings is 1. The van der Waals surface area contributed by atoms with Gasteiger partial charge in [0.05, 0.1) is 17.6 Å². The van der Waals surface area contributed by atoms with Crippen molar-refractivity contribution in [1.82, 2.24) is 0 Å². The fourth-order valence-corrected chi connectivity index (χ4v) is 4.81. The smallest absolute Gasteiger partial charge is 0.151 e. The Morgan fingerprint density at radius 2 is 2.11 bits per heavy atom. The molecule has 4 nitrogen and oxygen atoms in total. The van der Waals surface area contributed by atoms with Crippen molar-refractivity contribution < 1.29 is 13.5 Å². The fourth-order valence-electron chi connectivity index (χ4n) is 2.65. The summed E-state index contributed by atoms with van der Waals surface area (Å²) in [5, 5.41) is 10.5. The number of sulfone groups is 1. The van der Waals surface area contributed by atoms with Crippen molar-refractivity contribution in [2.75, 3.05) is 18.1 Å². The summed E-state index contributed by atoms with van der Waals surface area (Å²) in [5.41, 5.74) is 6.76. The zero-order valence-electron chi connectivity index (χ0n) is 10.5. The topological polar surface area (TPSA) is 80.4 Å². The first-order valence-electron chi connectivity index (χ1n) is 6.04. The van der Waals surface area contributed by atoms with Crippen LogP contribution >= 0.6 is 0 Å². The molecule has 1 heterocycles. The number of hydrogen-bond acceptors (Lipinski definition) is 4. The van der Waals surface area contributed by atoms with Crippen LogP contribution in [-0.2, 0) is 9.84 Å². The molecule has 1 aromatic rings. The molecule has 3 N–H and O–H groups in total. The Morgan fingerprint density at radius 3 is 2.61 bits per heavy atom. The summed E-state index contributed by atoms with van der Waals surface area (Å²) in [5.74, 6) is 0.0964. The molecule has 1 fully saturated rings. The van der Waals surface area contributed by atoms with E-state index in [-0.39, 0.29) is 18.1 Å². The van der Waals surface area contributed by atoms with Crippen molar-refractivity contribution in [3.8, 4) is 0 Å². The van der Waals surface area contributed by atoms with Gasteiger partial charge >= 0.3 is 0 Å². The van der Waals surface area contributed by atoms with Gasteiger partial charge in [0.15, 0.2) is 9.84 Å². The number of aliphatic hydroxyl groups excluding tert-OH is 1. The summed E-state index contributed by atoms with van der Waals surface area (Å²) in [4.78, 5) is 0. The number of aliphatic hydroxyl groups is 1. The van der Waals surface area contributed by atoms with Gasteiger partial charge in [-0.05, 0) is 24.5 Å². The van der Waals surface area contributed by atoms with E-state index in [2.05, 4.69) is 0 Å². The Bertz CT molecular complexity index is 541. The van der Waals surface area contributed by atoms with Crippen LogP contribution in [0.3, 0.4) is 0 Å². The minimum Gasteiger partial charge on any atom is -0.388 e. The average molecular weight is 269 g/mol. The summed E-state index contributed by atoms with van der Waals surface area (Å²) >= 11 is 0. The minimum absolute atomic E-state index is 0.0218. The van der Waals surface area contributed by atoms with E-state index in [0.717, 1.165) is 11.1 Å². The Labute approximate surface area is 108 Å². The zero-order chi connectivity index (χ0) is 13.4. The second-order valence-corrected chi connectivity index (χ2v) is 7.35. The Morgan fingerprint density at radius 1 is 1.44 bits per heavy atom. The average Bonchev–Trinajstić information content (AvgIpc) is 2.66. The Balaban J connectivity index is 2.38. The second kappa shape index (κ2) is 4.64. The summed E-state index contributed by atoms with van der Waals surface area (Å²) in [6, 6.07) is 7.49. The third-order valence-corrected chi connectivity index (χ3v) is 5.73. The van der Waals surface area contributed by atoms with Crippen molar-refractivity contribution in [3.63, 3.8) is 0 Å². The number of nitrogens with two attached hydrogens (primary N) is 1. The molecule has 1 saturated heterocycles. The predicted octanol–water partition coefficient (Wildman–Crippen LogP) is 0.792. The van der Waals surface area contributed by atoms with E-state index in [1.807, 2.05) is 31.2 Å². The second-order valence-electron chi connectivity index (χ2n) is 5.17. The van der Waals surface area contributed by atoms with Crippen molar-refractivity contribution in [3.05, 3.63) is 35.4 Å². The van der Waals surface area contributed by atoms with Gasteiger partial charge in [-0.2, -0.15) is 0 Å². The summed E-state index contributed by atoms with van der Waals surface area (Å²) in [6.07, 6.45) is -0.387. The van der Waals surface area contributed by atoms with Crippen LogP contribution in [0.15, 0.2) is 24.3 Å². The van der Waals surface area contributed by atoms with Gasteiger partial charge in [0.1, 0.15) is 0 Å². The maximum Gasteiger partial charge on any atom is 0.151 e. The molecule has 100 valence electrons. The van der Waals surface area contributed by atoms with Crippen LogP contribution < -0.4 is 5.73 Å². The molecule has 2 rings (SSSR count). The van der Waals surface area contributed by atoms with Crippen LogP contribution in [0.4, 0.5) is 0 Å². The normalized spacial score (nSPS) is 28.2. The first-order valence-corrected chi connectivity index (χ1v) is 7.86. The van der Waals surface area contributed by atoms with Crippen molar-refractivity contribution in [1.29, 1.82) is 0 Å². The molecular weight excluding hydrogens is 250 g/mol. The maximum absolute atomic E-state index is 11.7. The van der Waals surface area contributed by atoms with Crippen LogP contribution in [0.2, 0.25) is 0 Å². The van der Waals surface area contributed by atoms with Gasteiger partial charge in [0, 0.05) is 12.0 Å². The Kier molecular flexibility index (Phi) is 3.49. The summed E-state index contributed by atoms with van der Waals surface area (Å²) < 4.78 is 23.3. The molecule has 2 atom stereocenters. The van der Waals surface area contributed by atoms with Crippen molar-refractivity contribution in [2.45, 2.75) is 19.4 Å². The highest BCUT2D eigenvalue weighted by Gasteiger charge is 2.47. The molecule has 0 aromatic heterocycles. The minimum atomic E-state index is -3.07. The largest absolute Gasteiger partial charge is 0.388 e. The summed E-state index contributed by atoms with van der Waals surface area (Å²) in [7, 11) is -3.07. The van der Waals surface area contributed by atoms with E-state index >= 15 is 0 Å². The van der Waals surface area contributed by atoms with E-state index < -0.39 is 21.4 Å². The molecule has 0 radical (unpaired) electrons. The SMILES string of the molecule is Cc1ccccc1C(O)C1(CN)CCS(=O)(=O)C1. The molecule has 1 aliphatic rings. The van der Waals surface area contributed by atoms with Crippen LogP contribution in [0, 0.1) is 12.3 Å². The molecule has 1 aliphatic heterocycles. The highest BCUT2D eigenvalue weighted by atomic mass is 32.2. The molecule has 0 aliphatic carbocycles. The van der Waals surface area contributed by atoms with Gasteiger partial charge in [-0.1, -0.05) is 24.3 Å². The third-order valence-electron chi connectivity index (χ3n) is 3.89. The quantitative estimate of drug-likeness (QED) is 0.850. The fraction of sp³-hybridized carbons (Fsp3) is 0.538. The third kappa shape index (κ3) is 2.30. The molecular formula is C13H19NO3S. The Hall–Kier alpha value is -0.910. The standard InChI is InChI=1S/C13H19NO3S/c1-10-4-2-3-5-11(10)12(15)13(8-14)6-7-18(16,17)9-13/h2-5,12,15H,6-9,14H2,1H3. The number of rotatable bonds is 3. The molecule has 0 saturated carbocycles. The molecule has 5 heteroatoms. The first kappa shape index (κ1) is 13.5. The van der Waals surface area contributed by atoms with Gasteiger partial charge < -0.3 is 10.8 Å². The van der Waals surface area contributed by atoms with E-state index in [9.17, 15) is 13.5 Å². The van der Waals surface area contributed by atoms with Crippen LogP contribution in [0.25, 0.3) is 0 Å². The lowest BCUT2D eigenvalue weighted by Crippen LogP contribution is -2.38. The highest BCUT2D eigenvalue weighted by molar-refractivity contribution is 7.91. The molecule has 1 aromatic carbocycles. The molecule has 0 amide bonds. The number of aryl methyl sites for hydroxylation is 1. The van der Waals surface area contributed by atoms with Crippen LogP contribution in [0.5, 0.6) is 0 Å². The van der Waals surface area contributed by atoms with Gasteiger partial charge in [-0.3, -0.25) is 0 Å². The van der Waals surface area contributed by atoms with Gasteiger partial charge in [0.2, 0.25) is 0 Å². The van der Waals surface area contributed by atoms with Crippen molar-refractivity contribution >= 4 is 9.84 Å². The summed E-state index contributed by atoms with van der Waals surface area (Å²) in [6.45, 7) is 2.09. The lowest BCUT2D eigenvalue weighted by Gasteiger charge is -2.32. The number of hydrogen-bond donors (Lipinski definition) is 2. The van der Waals surface area contributed by atoms with E-state index in [0.29, 0.717) is 6.42 Å². The van der Waals surface area contributed by atoms with E-state index in [4.69, 9.17) is 5.73 Å². The lowest BCUT2D eigenvalue weighted by molar-refractivity contribution is 0.0467. The lowest BCUT2D eigenvalue weighted by atomic mass is 9.77. The highest BCUT2D eigenvalue weighted by Crippen LogP contribution is 2.43. The molecule has 0 bridgehead atoms. The van der Waals surface area contributed by atoms with Crippen LogP contribution in [-0.4, -0.2) is 31.6 Å². The monoisotopic (exact) mass is 269 g/mol. The predicted molar refractivity (Wildman–Crippen MR) is 70.9 cm³/mol. The van der Waals surface area contributed by atoms with Crippen molar-refractivity contribution in [2.24, 2.45) is 11.1 Å². The van der Waals surface area contributed by atoms with E-state index in [1.165, 1.54) is 0 Å². The first-order chi connectivity index (χ1) is 8.40. The zero-order valence-corrected chi connectivity index (χ0v) is 11.3. The maximum atomic E-state index is 11.7.